The second-order valence-corrected chi connectivity index (χ2v) is 9.70. The lowest BCUT2D eigenvalue weighted by Gasteiger charge is -2.20. The SMILES string of the molecule is C[C@H](CC(=O)CC(F)(F)F)CC(=O)c1ccc(/C(F)=C/C(c2ccc(Cl)c(C(F)(F)F)c2)C(F)(F)F)cc1C(F)(F)F. The summed E-state index contributed by atoms with van der Waals surface area (Å²) in [4.78, 5) is 24.0. The van der Waals surface area contributed by atoms with Gasteiger partial charge in [-0.25, -0.2) is 4.39 Å². The van der Waals surface area contributed by atoms with E-state index in [0.29, 0.717) is 24.3 Å². The van der Waals surface area contributed by atoms with Crippen LogP contribution in [0.2, 0.25) is 5.02 Å². The average molecular weight is 645 g/mol. The topological polar surface area (TPSA) is 34.1 Å². The molecular weight excluding hydrogens is 627 g/mol. The van der Waals surface area contributed by atoms with Crippen LogP contribution in [-0.2, 0) is 17.1 Å². The van der Waals surface area contributed by atoms with Crippen molar-refractivity contribution in [3.8, 4) is 0 Å². The van der Waals surface area contributed by atoms with Gasteiger partial charge in [-0.05, 0) is 35.8 Å². The van der Waals surface area contributed by atoms with Crippen LogP contribution in [0.15, 0.2) is 42.5 Å². The van der Waals surface area contributed by atoms with Gasteiger partial charge in [0.1, 0.15) is 23.9 Å². The largest absolute Gasteiger partial charge is 0.417 e. The molecule has 16 heteroatoms. The predicted molar refractivity (Wildman–Crippen MR) is 124 cm³/mol. The third kappa shape index (κ3) is 9.73. The first kappa shape index (κ1) is 35.1. The van der Waals surface area contributed by atoms with Crippen molar-refractivity contribution in [2.75, 3.05) is 0 Å². The molecule has 0 radical (unpaired) electrons. The zero-order valence-corrected chi connectivity index (χ0v) is 21.7. The molecule has 0 fully saturated rings. The monoisotopic (exact) mass is 644 g/mol. The summed E-state index contributed by atoms with van der Waals surface area (Å²) in [5, 5.41) is -0.953. The summed E-state index contributed by atoms with van der Waals surface area (Å²) < 4.78 is 174. The highest BCUT2D eigenvalue weighted by molar-refractivity contribution is 6.31. The van der Waals surface area contributed by atoms with Gasteiger partial charge in [0, 0.05) is 24.0 Å². The van der Waals surface area contributed by atoms with Crippen LogP contribution in [0.4, 0.5) is 57.1 Å². The van der Waals surface area contributed by atoms with E-state index in [1.165, 1.54) is 0 Å². The highest BCUT2D eigenvalue weighted by atomic mass is 35.5. The van der Waals surface area contributed by atoms with Crippen LogP contribution in [0.5, 0.6) is 0 Å². The fourth-order valence-electron chi connectivity index (χ4n) is 3.93. The molecule has 0 bridgehead atoms. The Morgan fingerprint density at radius 2 is 1.38 bits per heavy atom. The number of hydrogen-bond acceptors (Lipinski definition) is 2. The lowest BCUT2D eigenvalue weighted by atomic mass is 9.91. The molecule has 2 nitrogen and oxygen atoms in total. The first-order valence-electron chi connectivity index (χ1n) is 11.5. The molecule has 0 aliphatic rings. The molecule has 0 spiro atoms. The van der Waals surface area contributed by atoms with Gasteiger partial charge in [-0.3, -0.25) is 9.59 Å². The fraction of sp³-hybridized carbons (Fsp3) is 0.385. The Morgan fingerprint density at radius 3 is 1.88 bits per heavy atom. The Balaban J connectivity index is 2.47. The normalized spacial score (nSPS) is 15.0. The summed E-state index contributed by atoms with van der Waals surface area (Å²) >= 11 is 5.40. The second-order valence-electron chi connectivity index (χ2n) is 9.30. The molecule has 42 heavy (non-hydrogen) atoms. The maximum absolute atomic E-state index is 14.9. The fourth-order valence-corrected chi connectivity index (χ4v) is 4.15. The third-order valence-corrected chi connectivity index (χ3v) is 6.06. The third-order valence-electron chi connectivity index (χ3n) is 5.73. The van der Waals surface area contributed by atoms with Gasteiger partial charge in [-0.1, -0.05) is 36.7 Å². The number of alkyl halides is 12. The maximum atomic E-state index is 14.9. The van der Waals surface area contributed by atoms with Crippen molar-refractivity contribution in [3.63, 3.8) is 0 Å². The molecule has 0 N–H and O–H groups in total. The van der Waals surface area contributed by atoms with Crippen LogP contribution in [0.25, 0.3) is 5.83 Å². The second kappa shape index (κ2) is 12.6. The summed E-state index contributed by atoms with van der Waals surface area (Å²) in [6.07, 6.45) is -24.5. The van der Waals surface area contributed by atoms with Crippen molar-refractivity contribution in [2.45, 2.75) is 56.8 Å². The standard InChI is InChI=1S/C26H18ClF13O2/c1-12(6-15(41)11-23(29,30)31)7-22(42)16-4-2-14(9-18(16)25(35,36)37)21(28)10-17(24(32,33)34)13-3-5-20(27)19(8-13)26(38,39)40/h2-5,8-10,12,17H,6-7,11H2,1H3/b21-10-/t12-,17?/m1/s1. The van der Waals surface area contributed by atoms with E-state index in [9.17, 15) is 66.7 Å². The summed E-state index contributed by atoms with van der Waals surface area (Å²) in [7, 11) is 0. The van der Waals surface area contributed by atoms with Crippen molar-refractivity contribution in [1.29, 1.82) is 0 Å². The van der Waals surface area contributed by atoms with Gasteiger partial charge < -0.3 is 0 Å². The minimum Gasteiger partial charge on any atom is -0.299 e. The lowest BCUT2D eigenvalue weighted by molar-refractivity contribution is -0.153. The van der Waals surface area contributed by atoms with Gasteiger partial charge in [0.15, 0.2) is 5.78 Å². The highest BCUT2D eigenvalue weighted by Gasteiger charge is 2.42. The van der Waals surface area contributed by atoms with Crippen LogP contribution in [-0.4, -0.2) is 23.9 Å². The van der Waals surface area contributed by atoms with Crippen LogP contribution in [0.1, 0.15) is 64.7 Å². The number of rotatable bonds is 9. The van der Waals surface area contributed by atoms with Gasteiger partial charge in [-0.2, -0.15) is 52.7 Å². The summed E-state index contributed by atoms with van der Waals surface area (Å²) in [6, 6.07) is 2.00. The minimum absolute atomic E-state index is 0.00891. The molecule has 0 aromatic heterocycles. The van der Waals surface area contributed by atoms with Crippen molar-refractivity contribution < 1.29 is 66.7 Å². The van der Waals surface area contributed by atoms with E-state index in [4.69, 9.17) is 11.6 Å². The molecule has 0 saturated carbocycles. The van der Waals surface area contributed by atoms with Gasteiger partial charge in [-0.15, -0.1) is 0 Å². The molecular formula is C26H18ClF13O2. The van der Waals surface area contributed by atoms with Crippen LogP contribution in [0.3, 0.4) is 0 Å². The Hall–Kier alpha value is -3.10. The van der Waals surface area contributed by atoms with Gasteiger partial charge in [0.25, 0.3) is 0 Å². The number of benzene rings is 2. The molecule has 2 rings (SSSR count). The number of Topliss-reactive ketones (excluding diaryl/α,β-unsaturated/α-hetero) is 2. The van der Waals surface area contributed by atoms with Gasteiger partial charge in [0.2, 0.25) is 0 Å². The summed E-state index contributed by atoms with van der Waals surface area (Å²) in [5.74, 6) is -8.71. The summed E-state index contributed by atoms with van der Waals surface area (Å²) in [5.41, 5.74) is -6.77. The van der Waals surface area contributed by atoms with E-state index >= 15 is 0 Å². The van der Waals surface area contributed by atoms with E-state index in [-0.39, 0.29) is 18.2 Å². The first-order chi connectivity index (χ1) is 18.9. The number of carbonyl (C=O) groups is 2. The minimum atomic E-state index is -5.41. The Labute approximate surface area is 234 Å². The maximum Gasteiger partial charge on any atom is 0.417 e. The molecule has 232 valence electrons. The molecule has 0 saturated heterocycles. The predicted octanol–water partition coefficient (Wildman–Crippen LogP) is 10.2. The van der Waals surface area contributed by atoms with Crippen LogP contribution < -0.4 is 0 Å². The van der Waals surface area contributed by atoms with E-state index in [2.05, 4.69) is 0 Å². The number of allylic oxidation sites excluding steroid dienone is 1. The quantitative estimate of drug-likeness (QED) is 0.201. The molecule has 0 amide bonds. The van der Waals surface area contributed by atoms with Gasteiger partial charge in [0.05, 0.1) is 16.1 Å². The van der Waals surface area contributed by atoms with E-state index in [0.717, 1.165) is 6.92 Å². The Morgan fingerprint density at radius 1 is 0.810 bits per heavy atom. The van der Waals surface area contributed by atoms with Crippen molar-refractivity contribution in [3.05, 3.63) is 75.3 Å². The van der Waals surface area contributed by atoms with E-state index < -0.39 is 106 Å². The van der Waals surface area contributed by atoms with E-state index in [1.807, 2.05) is 0 Å². The van der Waals surface area contributed by atoms with Crippen LogP contribution in [0, 0.1) is 5.92 Å². The smallest absolute Gasteiger partial charge is 0.299 e. The zero-order chi connectivity index (χ0) is 32.4. The average Bonchev–Trinajstić information content (AvgIpc) is 2.79. The lowest BCUT2D eigenvalue weighted by Crippen LogP contribution is -2.20. The Kier molecular flexibility index (Phi) is 10.6. The van der Waals surface area contributed by atoms with Crippen molar-refractivity contribution in [2.24, 2.45) is 5.92 Å². The molecule has 0 heterocycles. The first-order valence-corrected chi connectivity index (χ1v) is 11.9. The number of carbonyl (C=O) groups excluding carboxylic acids is 2. The highest BCUT2D eigenvalue weighted by Crippen LogP contribution is 2.43. The molecule has 1 unspecified atom stereocenters. The number of hydrogen-bond donors (Lipinski definition) is 0. The zero-order valence-electron chi connectivity index (χ0n) is 20.9. The Bertz CT molecular complexity index is 1340. The molecule has 0 aliphatic carbocycles. The number of halogens is 14. The molecule has 0 aliphatic heterocycles. The van der Waals surface area contributed by atoms with E-state index in [1.54, 1.807) is 0 Å². The number of ketones is 2. The molecule has 2 aromatic carbocycles. The molecule has 2 atom stereocenters. The van der Waals surface area contributed by atoms with Gasteiger partial charge >= 0.3 is 24.7 Å². The molecule has 2 aromatic rings. The van der Waals surface area contributed by atoms with Crippen molar-refractivity contribution in [1.82, 2.24) is 0 Å². The summed E-state index contributed by atoms with van der Waals surface area (Å²) in [6.45, 7) is 1.13. The van der Waals surface area contributed by atoms with Crippen molar-refractivity contribution >= 4 is 29.0 Å². The van der Waals surface area contributed by atoms with Crippen LogP contribution >= 0.6 is 11.6 Å².